The second-order valence-corrected chi connectivity index (χ2v) is 7.80. The maximum absolute atomic E-state index is 12.6. The van der Waals surface area contributed by atoms with Gasteiger partial charge in [0.1, 0.15) is 5.00 Å². The predicted octanol–water partition coefficient (Wildman–Crippen LogP) is 5.39. The highest BCUT2D eigenvalue weighted by molar-refractivity contribution is 7.80. The minimum atomic E-state index is -0.254. The Hall–Kier alpha value is -1.92. The van der Waals surface area contributed by atoms with Gasteiger partial charge in [-0.3, -0.25) is 0 Å². The molecule has 6 heteroatoms. The van der Waals surface area contributed by atoms with Crippen molar-refractivity contribution in [2.75, 3.05) is 17.2 Å². The van der Waals surface area contributed by atoms with Gasteiger partial charge in [0.2, 0.25) is 0 Å². The van der Waals surface area contributed by atoms with E-state index in [1.54, 1.807) is 11.3 Å². The van der Waals surface area contributed by atoms with E-state index in [2.05, 4.69) is 10.6 Å². The summed E-state index contributed by atoms with van der Waals surface area (Å²) in [6, 6.07) is 9.76. The Bertz CT molecular complexity index is 772. The van der Waals surface area contributed by atoms with E-state index < -0.39 is 0 Å². The number of anilines is 2. The predicted molar refractivity (Wildman–Crippen MR) is 112 cm³/mol. The van der Waals surface area contributed by atoms with Gasteiger partial charge in [0.15, 0.2) is 5.11 Å². The molecule has 1 aliphatic carbocycles. The highest BCUT2D eigenvalue weighted by atomic mass is 32.1. The lowest BCUT2D eigenvalue weighted by Gasteiger charge is -2.12. The first-order chi connectivity index (χ1) is 12.7. The molecule has 0 radical (unpaired) electrons. The van der Waals surface area contributed by atoms with E-state index in [1.807, 2.05) is 37.3 Å². The summed E-state index contributed by atoms with van der Waals surface area (Å²) < 4.78 is 5.33. The monoisotopic (exact) mass is 388 g/mol. The molecular formula is C20H24N2O2S2. The normalized spacial score (nSPS) is 13.9. The smallest absolute Gasteiger partial charge is 0.341 e. The molecule has 0 amide bonds. The largest absolute Gasteiger partial charge is 0.462 e. The first-order valence-corrected chi connectivity index (χ1v) is 10.4. The highest BCUT2D eigenvalue weighted by Gasteiger charge is 2.25. The SMILES string of the molecule is CCOC(=O)c1c(NC(=S)Nc2ccccc2)sc2c1CCCCCC2. The van der Waals surface area contributed by atoms with Crippen LogP contribution in [0, 0.1) is 0 Å². The van der Waals surface area contributed by atoms with Gasteiger partial charge >= 0.3 is 5.97 Å². The number of carbonyl (C=O) groups is 1. The number of para-hydroxylation sites is 1. The van der Waals surface area contributed by atoms with Gasteiger partial charge in [-0.1, -0.05) is 31.0 Å². The third kappa shape index (κ3) is 4.62. The molecule has 26 heavy (non-hydrogen) atoms. The first-order valence-electron chi connectivity index (χ1n) is 9.13. The van der Waals surface area contributed by atoms with Crippen molar-refractivity contribution in [3.63, 3.8) is 0 Å². The fourth-order valence-electron chi connectivity index (χ4n) is 3.21. The second kappa shape index (κ2) is 9.14. The molecule has 1 heterocycles. The zero-order chi connectivity index (χ0) is 18.4. The molecule has 0 unspecified atom stereocenters. The number of esters is 1. The minimum absolute atomic E-state index is 0.254. The first kappa shape index (κ1) is 18.9. The lowest BCUT2D eigenvalue weighted by Crippen LogP contribution is -2.20. The van der Waals surface area contributed by atoms with E-state index in [9.17, 15) is 4.79 Å². The molecule has 4 nitrogen and oxygen atoms in total. The Kier molecular flexibility index (Phi) is 6.63. The molecule has 2 N–H and O–H groups in total. The van der Waals surface area contributed by atoms with Crippen LogP contribution < -0.4 is 10.6 Å². The van der Waals surface area contributed by atoms with Gasteiger partial charge in [0, 0.05) is 10.6 Å². The summed E-state index contributed by atoms with van der Waals surface area (Å²) >= 11 is 7.09. The Morgan fingerprint density at radius 2 is 1.85 bits per heavy atom. The van der Waals surface area contributed by atoms with E-state index in [4.69, 9.17) is 17.0 Å². The van der Waals surface area contributed by atoms with Gasteiger partial charge in [-0.15, -0.1) is 11.3 Å². The van der Waals surface area contributed by atoms with Crippen molar-refractivity contribution in [1.29, 1.82) is 0 Å². The fourth-order valence-corrected chi connectivity index (χ4v) is 4.78. The van der Waals surface area contributed by atoms with Crippen LogP contribution in [0.25, 0.3) is 0 Å². The van der Waals surface area contributed by atoms with Gasteiger partial charge in [-0.05, 0) is 62.5 Å². The van der Waals surface area contributed by atoms with Crippen molar-refractivity contribution in [3.05, 3.63) is 46.3 Å². The molecule has 2 aromatic rings. The molecule has 3 rings (SSSR count). The van der Waals surface area contributed by atoms with Crippen LogP contribution in [0.5, 0.6) is 0 Å². The van der Waals surface area contributed by atoms with Crippen LogP contribution in [0.4, 0.5) is 10.7 Å². The molecule has 1 aliphatic rings. The summed E-state index contributed by atoms with van der Waals surface area (Å²) in [6.45, 7) is 2.21. The maximum Gasteiger partial charge on any atom is 0.341 e. The van der Waals surface area contributed by atoms with Gasteiger partial charge in [0.05, 0.1) is 12.2 Å². The third-order valence-corrected chi connectivity index (χ3v) is 5.82. The number of thiocarbonyl (C=S) groups is 1. The summed E-state index contributed by atoms with van der Waals surface area (Å²) in [4.78, 5) is 13.9. The molecule has 0 saturated heterocycles. The molecule has 0 saturated carbocycles. The third-order valence-electron chi connectivity index (χ3n) is 4.41. The van der Waals surface area contributed by atoms with Crippen molar-refractivity contribution in [2.24, 2.45) is 0 Å². The molecule has 1 aromatic heterocycles. The summed E-state index contributed by atoms with van der Waals surface area (Å²) in [7, 11) is 0. The maximum atomic E-state index is 12.6. The quantitative estimate of drug-likeness (QED) is 0.543. The Morgan fingerprint density at radius 1 is 1.12 bits per heavy atom. The molecule has 1 aromatic carbocycles. The number of hydrogen-bond donors (Lipinski definition) is 2. The minimum Gasteiger partial charge on any atom is -0.462 e. The Morgan fingerprint density at radius 3 is 2.58 bits per heavy atom. The molecule has 138 valence electrons. The van der Waals surface area contributed by atoms with Crippen LogP contribution in [0.2, 0.25) is 0 Å². The average molecular weight is 389 g/mol. The van der Waals surface area contributed by atoms with Crippen molar-refractivity contribution in [1.82, 2.24) is 0 Å². The summed E-state index contributed by atoms with van der Waals surface area (Å²) in [5.41, 5.74) is 2.74. The summed E-state index contributed by atoms with van der Waals surface area (Å²) in [6.07, 6.45) is 6.70. The molecule has 0 atom stereocenters. The van der Waals surface area contributed by atoms with Crippen LogP contribution in [-0.4, -0.2) is 17.7 Å². The number of hydrogen-bond acceptors (Lipinski definition) is 4. The lowest BCUT2D eigenvalue weighted by atomic mass is 9.96. The number of aryl methyl sites for hydroxylation is 1. The average Bonchev–Trinajstić information content (AvgIpc) is 2.92. The summed E-state index contributed by atoms with van der Waals surface area (Å²) in [5.74, 6) is -0.254. The molecule has 0 spiro atoms. The molecule has 0 aliphatic heterocycles. The van der Waals surface area contributed by atoms with Crippen LogP contribution in [0.1, 0.15) is 53.4 Å². The van der Waals surface area contributed by atoms with Crippen molar-refractivity contribution >= 4 is 45.3 Å². The molecular weight excluding hydrogens is 364 g/mol. The molecule has 0 bridgehead atoms. The number of carbonyl (C=O) groups excluding carboxylic acids is 1. The van der Waals surface area contributed by atoms with E-state index in [-0.39, 0.29) is 5.97 Å². The van der Waals surface area contributed by atoms with Crippen LogP contribution in [-0.2, 0) is 17.6 Å². The van der Waals surface area contributed by atoms with Crippen molar-refractivity contribution in [3.8, 4) is 0 Å². The van der Waals surface area contributed by atoms with Gasteiger partial charge in [-0.2, -0.15) is 0 Å². The highest BCUT2D eigenvalue weighted by Crippen LogP contribution is 2.37. The van der Waals surface area contributed by atoms with Crippen molar-refractivity contribution < 1.29 is 9.53 Å². The van der Waals surface area contributed by atoms with Gasteiger partial charge < -0.3 is 15.4 Å². The number of benzene rings is 1. The topological polar surface area (TPSA) is 50.4 Å². The number of nitrogens with one attached hydrogen (secondary N) is 2. The lowest BCUT2D eigenvalue weighted by molar-refractivity contribution is 0.0526. The zero-order valence-electron chi connectivity index (χ0n) is 15.0. The number of ether oxygens (including phenoxy) is 1. The van der Waals surface area contributed by atoms with Crippen LogP contribution in [0.15, 0.2) is 30.3 Å². The zero-order valence-corrected chi connectivity index (χ0v) is 16.6. The van der Waals surface area contributed by atoms with E-state index in [1.165, 1.54) is 24.1 Å². The van der Waals surface area contributed by atoms with Crippen LogP contribution >= 0.6 is 23.6 Å². The van der Waals surface area contributed by atoms with Gasteiger partial charge in [0.25, 0.3) is 0 Å². The number of thiophene rings is 1. The van der Waals surface area contributed by atoms with Crippen molar-refractivity contribution in [2.45, 2.75) is 45.4 Å². The second-order valence-electron chi connectivity index (χ2n) is 6.29. The van der Waals surface area contributed by atoms with E-state index in [0.29, 0.717) is 17.3 Å². The van der Waals surface area contributed by atoms with Crippen LogP contribution in [0.3, 0.4) is 0 Å². The standard InChI is InChI=1S/C20H24N2O2S2/c1-2-24-19(23)17-15-12-8-3-4-9-13-16(15)26-18(17)22-20(25)21-14-10-6-5-7-11-14/h5-7,10-11H,2-4,8-9,12-13H2,1H3,(H2,21,22,25). The number of rotatable bonds is 4. The van der Waals surface area contributed by atoms with E-state index >= 15 is 0 Å². The fraction of sp³-hybridized carbons (Fsp3) is 0.400. The number of fused-ring (bicyclic) bond motifs is 1. The Labute approximate surface area is 164 Å². The Balaban J connectivity index is 1.85. The van der Waals surface area contributed by atoms with E-state index in [0.717, 1.165) is 35.5 Å². The molecule has 0 fully saturated rings. The summed E-state index contributed by atoms with van der Waals surface area (Å²) in [5, 5.41) is 7.68. The van der Waals surface area contributed by atoms with Gasteiger partial charge in [-0.25, -0.2) is 4.79 Å².